The molecule has 0 heterocycles. The maximum atomic E-state index is 12.6. The number of nitrogens with two attached hydrogens (primary N) is 1. The van der Waals surface area contributed by atoms with E-state index in [2.05, 4.69) is 13.8 Å². The maximum absolute atomic E-state index is 12.6. The van der Waals surface area contributed by atoms with Crippen LogP contribution in [0.25, 0.3) is 0 Å². The molecule has 1 aliphatic rings. The van der Waals surface area contributed by atoms with Crippen LogP contribution in [0, 0.1) is 5.92 Å². The van der Waals surface area contributed by atoms with Gasteiger partial charge < -0.3 is 10.6 Å². The minimum absolute atomic E-state index is 0.0391. The molecule has 1 amide bonds. The first-order valence-electron chi connectivity index (χ1n) is 7.38. The highest BCUT2D eigenvalue weighted by atomic mass is 35.5. The molecule has 0 unspecified atom stereocenters. The molecule has 0 aromatic heterocycles. The molecule has 1 fully saturated rings. The Hall–Kier alpha value is -0.770. The van der Waals surface area contributed by atoms with Crippen LogP contribution in [0.4, 0.5) is 0 Å². The smallest absolute Gasteiger partial charge is 0.240 e. The second kappa shape index (κ2) is 6.99. The summed E-state index contributed by atoms with van der Waals surface area (Å²) in [7, 11) is 0. The third kappa shape index (κ3) is 4.60. The molecule has 116 valence electrons. The third-order valence-electron chi connectivity index (χ3n) is 3.65. The molecular formula is C16H22Cl2N2O. The van der Waals surface area contributed by atoms with E-state index < -0.39 is 6.04 Å². The number of hydrogen-bond donors (Lipinski definition) is 1. The molecule has 5 heteroatoms. The summed E-state index contributed by atoms with van der Waals surface area (Å²) in [5.74, 6) is 0.451. The summed E-state index contributed by atoms with van der Waals surface area (Å²) >= 11 is 12.0. The number of amides is 1. The molecule has 1 aromatic rings. The van der Waals surface area contributed by atoms with Crippen LogP contribution in [0.2, 0.25) is 10.0 Å². The van der Waals surface area contributed by atoms with Gasteiger partial charge in [-0.05, 0) is 42.9 Å². The van der Waals surface area contributed by atoms with Crippen molar-refractivity contribution in [1.29, 1.82) is 0 Å². The number of rotatable bonds is 6. The van der Waals surface area contributed by atoms with Crippen molar-refractivity contribution in [3.63, 3.8) is 0 Å². The Morgan fingerprint density at radius 2 is 2.00 bits per heavy atom. The van der Waals surface area contributed by atoms with Crippen molar-refractivity contribution in [3.8, 4) is 0 Å². The van der Waals surface area contributed by atoms with E-state index >= 15 is 0 Å². The summed E-state index contributed by atoms with van der Waals surface area (Å²) in [6, 6.07) is 5.40. The normalized spacial score (nSPS) is 16.1. The van der Waals surface area contributed by atoms with Gasteiger partial charge in [-0.25, -0.2) is 0 Å². The molecular weight excluding hydrogens is 307 g/mol. The second-order valence-corrected chi connectivity index (χ2v) is 7.00. The molecule has 1 aliphatic carbocycles. The Kier molecular flexibility index (Phi) is 5.53. The Bertz CT molecular complexity index is 515. The third-order valence-corrected chi connectivity index (χ3v) is 4.39. The van der Waals surface area contributed by atoms with E-state index in [9.17, 15) is 4.79 Å². The Morgan fingerprint density at radius 1 is 1.33 bits per heavy atom. The van der Waals surface area contributed by atoms with E-state index in [0.717, 1.165) is 18.4 Å². The van der Waals surface area contributed by atoms with Gasteiger partial charge in [0.25, 0.3) is 0 Å². The van der Waals surface area contributed by atoms with Gasteiger partial charge in [-0.2, -0.15) is 0 Å². The zero-order chi connectivity index (χ0) is 15.6. The first kappa shape index (κ1) is 16.6. The molecule has 0 aliphatic heterocycles. The molecule has 0 spiro atoms. The molecule has 2 N–H and O–H groups in total. The zero-order valence-corrected chi connectivity index (χ0v) is 14.0. The number of carbonyl (C=O) groups excluding carboxylic acids is 1. The Morgan fingerprint density at radius 3 is 2.52 bits per heavy atom. The molecule has 21 heavy (non-hydrogen) atoms. The van der Waals surface area contributed by atoms with E-state index in [1.807, 2.05) is 17.0 Å². The van der Waals surface area contributed by atoms with Crippen LogP contribution in [0.5, 0.6) is 0 Å². The molecule has 1 atom stereocenters. The van der Waals surface area contributed by atoms with Crippen molar-refractivity contribution in [1.82, 2.24) is 4.90 Å². The lowest BCUT2D eigenvalue weighted by molar-refractivity contribution is -0.134. The van der Waals surface area contributed by atoms with Crippen molar-refractivity contribution in [2.75, 3.05) is 0 Å². The van der Waals surface area contributed by atoms with Crippen LogP contribution >= 0.6 is 23.2 Å². The van der Waals surface area contributed by atoms with E-state index in [-0.39, 0.29) is 5.91 Å². The maximum Gasteiger partial charge on any atom is 0.240 e. The average Bonchev–Trinajstić information content (AvgIpc) is 3.22. The highest BCUT2D eigenvalue weighted by molar-refractivity contribution is 6.42. The summed E-state index contributed by atoms with van der Waals surface area (Å²) in [6.45, 7) is 4.70. The van der Waals surface area contributed by atoms with Crippen molar-refractivity contribution >= 4 is 29.1 Å². The van der Waals surface area contributed by atoms with Crippen LogP contribution in [0.15, 0.2) is 18.2 Å². The molecule has 0 bridgehead atoms. The summed E-state index contributed by atoms with van der Waals surface area (Å²) in [6.07, 6.45) is 2.83. The second-order valence-electron chi connectivity index (χ2n) is 6.18. The molecule has 1 saturated carbocycles. The van der Waals surface area contributed by atoms with Gasteiger partial charge in [0.1, 0.15) is 0 Å². The van der Waals surface area contributed by atoms with Gasteiger partial charge in [-0.1, -0.05) is 43.1 Å². The number of nitrogens with zero attached hydrogens (tertiary/aromatic N) is 1. The van der Waals surface area contributed by atoms with Crippen LogP contribution in [-0.2, 0) is 11.3 Å². The lowest BCUT2D eigenvalue weighted by atomic mass is 10.0. The van der Waals surface area contributed by atoms with Gasteiger partial charge in [-0.3, -0.25) is 4.79 Å². The topological polar surface area (TPSA) is 46.3 Å². The van der Waals surface area contributed by atoms with Crippen molar-refractivity contribution in [2.45, 2.75) is 51.7 Å². The van der Waals surface area contributed by atoms with Crippen LogP contribution < -0.4 is 5.73 Å². The molecule has 3 nitrogen and oxygen atoms in total. The predicted octanol–water partition coefficient (Wildman–Crippen LogP) is 3.86. The van der Waals surface area contributed by atoms with Gasteiger partial charge >= 0.3 is 0 Å². The minimum atomic E-state index is -0.423. The van der Waals surface area contributed by atoms with E-state index in [0.29, 0.717) is 35.0 Å². The highest BCUT2D eigenvalue weighted by Gasteiger charge is 2.34. The number of halogens is 2. The van der Waals surface area contributed by atoms with Gasteiger partial charge in [0.05, 0.1) is 16.1 Å². The fourth-order valence-electron chi connectivity index (χ4n) is 2.43. The molecule has 1 aromatic carbocycles. The van der Waals surface area contributed by atoms with Gasteiger partial charge in [0, 0.05) is 12.6 Å². The van der Waals surface area contributed by atoms with Gasteiger partial charge in [-0.15, -0.1) is 0 Å². The van der Waals surface area contributed by atoms with Crippen LogP contribution in [0.3, 0.4) is 0 Å². The fourth-order valence-corrected chi connectivity index (χ4v) is 2.75. The predicted molar refractivity (Wildman–Crippen MR) is 87.5 cm³/mol. The quantitative estimate of drug-likeness (QED) is 0.861. The summed E-state index contributed by atoms with van der Waals surface area (Å²) in [4.78, 5) is 14.5. The summed E-state index contributed by atoms with van der Waals surface area (Å²) in [5, 5.41) is 1.05. The van der Waals surface area contributed by atoms with E-state index in [4.69, 9.17) is 28.9 Å². The zero-order valence-electron chi connectivity index (χ0n) is 12.5. The lowest BCUT2D eigenvalue weighted by Gasteiger charge is -2.26. The molecule has 0 radical (unpaired) electrons. The van der Waals surface area contributed by atoms with E-state index in [1.165, 1.54) is 0 Å². The average molecular weight is 329 g/mol. The van der Waals surface area contributed by atoms with Gasteiger partial charge in [0.15, 0.2) is 0 Å². The Balaban J connectivity index is 2.08. The molecule has 0 saturated heterocycles. The van der Waals surface area contributed by atoms with Crippen molar-refractivity contribution in [2.24, 2.45) is 11.7 Å². The monoisotopic (exact) mass is 328 g/mol. The summed E-state index contributed by atoms with van der Waals surface area (Å²) < 4.78 is 0. The highest BCUT2D eigenvalue weighted by Crippen LogP contribution is 2.30. The van der Waals surface area contributed by atoms with Crippen molar-refractivity contribution in [3.05, 3.63) is 33.8 Å². The van der Waals surface area contributed by atoms with Gasteiger partial charge in [0.2, 0.25) is 5.91 Å². The largest absolute Gasteiger partial charge is 0.334 e. The number of hydrogen-bond acceptors (Lipinski definition) is 2. The SMILES string of the molecule is CC(C)C[C@@H](N)C(=O)N(Cc1ccc(Cl)c(Cl)c1)C1CC1. The van der Waals surface area contributed by atoms with Crippen LogP contribution in [-0.4, -0.2) is 22.9 Å². The summed E-state index contributed by atoms with van der Waals surface area (Å²) in [5.41, 5.74) is 7.04. The lowest BCUT2D eigenvalue weighted by Crippen LogP contribution is -2.45. The molecule has 2 rings (SSSR count). The fraction of sp³-hybridized carbons (Fsp3) is 0.562. The number of carbonyl (C=O) groups is 1. The standard InChI is InChI=1S/C16H22Cl2N2O/c1-10(2)7-15(19)16(21)20(12-4-5-12)9-11-3-6-13(17)14(18)8-11/h3,6,8,10,12,15H,4-5,7,9,19H2,1-2H3/t15-/m1/s1. The first-order chi connectivity index (χ1) is 9.88. The van der Waals surface area contributed by atoms with E-state index in [1.54, 1.807) is 6.07 Å². The van der Waals surface area contributed by atoms with Crippen LogP contribution in [0.1, 0.15) is 38.7 Å². The first-order valence-corrected chi connectivity index (χ1v) is 8.14. The minimum Gasteiger partial charge on any atom is -0.334 e. The van der Waals surface area contributed by atoms with Crippen molar-refractivity contribution < 1.29 is 4.79 Å². The number of benzene rings is 1. The Labute approximate surface area is 136 Å².